The van der Waals surface area contributed by atoms with E-state index in [1.165, 1.54) is 0 Å². The molecule has 146 valence electrons. The Morgan fingerprint density at radius 1 is 1.26 bits per heavy atom. The van der Waals surface area contributed by atoms with E-state index in [4.69, 9.17) is 9.47 Å². The zero-order valence-electron chi connectivity index (χ0n) is 15.7. The van der Waals surface area contributed by atoms with Gasteiger partial charge in [-0.25, -0.2) is 9.37 Å². The molecule has 1 aromatic heterocycles. The van der Waals surface area contributed by atoms with Gasteiger partial charge in [0.15, 0.2) is 0 Å². The van der Waals surface area contributed by atoms with Crippen LogP contribution in [0, 0.1) is 5.82 Å². The van der Waals surface area contributed by atoms with Gasteiger partial charge >= 0.3 is 0 Å². The smallest absolute Gasteiger partial charge is 0.146 e. The fourth-order valence-electron chi connectivity index (χ4n) is 3.87. The number of nitrogens with zero attached hydrogens (tertiary/aromatic N) is 3. The van der Waals surface area contributed by atoms with Crippen LogP contribution >= 0.6 is 0 Å². The Morgan fingerprint density at radius 3 is 2.89 bits per heavy atom. The number of hydrogen-bond acceptors (Lipinski definition) is 5. The Labute approximate surface area is 159 Å². The minimum atomic E-state index is -0.169. The molecule has 27 heavy (non-hydrogen) atoms. The van der Waals surface area contributed by atoms with Gasteiger partial charge in [-0.05, 0) is 31.0 Å². The SMILES string of the molecule is CCn1ccnc1[C@H]1OCC[C@@H]1NCc1ccc(N2CCOCC2)c(F)c1. The first kappa shape index (κ1) is 18.4. The molecule has 6 nitrogen and oxygen atoms in total. The zero-order chi connectivity index (χ0) is 18.6. The fourth-order valence-corrected chi connectivity index (χ4v) is 3.87. The van der Waals surface area contributed by atoms with Gasteiger partial charge in [0.05, 0.1) is 18.9 Å². The van der Waals surface area contributed by atoms with Crippen LogP contribution in [0.15, 0.2) is 30.6 Å². The van der Waals surface area contributed by atoms with E-state index in [1.54, 1.807) is 6.07 Å². The van der Waals surface area contributed by atoms with Gasteiger partial charge in [0.25, 0.3) is 0 Å². The van der Waals surface area contributed by atoms with Crippen LogP contribution in [0.1, 0.15) is 30.8 Å². The lowest BCUT2D eigenvalue weighted by atomic mass is 10.1. The summed E-state index contributed by atoms with van der Waals surface area (Å²) in [5.41, 5.74) is 1.60. The normalized spacial score (nSPS) is 23.1. The lowest BCUT2D eigenvalue weighted by molar-refractivity contribution is 0.0886. The van der Waals surface area contributed by atoms with Crippen LogP contribution in [-0.4, -0.2) is 48.5 Å². The van der Waals surface area contributed by atoms with Crippen molar-refractivity contribution in [2.45, 2.75) is 38.6 Å². The minimum Gasteiger partial charge on any atom is -0.378 e. The lowest BCUT2D eigenvalue weighted by Gasteiger charge is -2.29. The van der Waals surface area contributed by atoms with Crippen molar-refractivity contribution in [2.24, 2.45) is 0 Å². The van der Waals surface area contributed by atoms with E-state index in [0.29, 0.717) is 32.1 Å². The van der Waals surface area contributed by atoms with Crippen molar-refractivity contribution in [1.29, 1.82) is 0 Å². The summed E-state index contributed by atoms with van der Waals surface area (Å²) in [5.74, 6) is 0.790. The van der Waals surface area contributed by atoms with Crippen molar-refractivity contribution in [2.75, 3.05) is 37.8 Å². The summed E-state index contributed by atoms with van der Waals surface area (Å²) < 4.78 is 28.0. The third kappa shape index (κ3) is 4.00. The van der Waals surface area contributed by atoms with Crippen LogP contribution in [0.2, 0.25) is 0 Å². The highest BCUT2D eigenvalue weighted by molar-refractivity contribution is 5.49. The highest BCUT2D eigenvalue weighted by atomic mass is 19.1. The molecule has 0 amide bonds. The first-order valence-corrected chi connectivity index (χ1v) is 9.73. The highest BCUT2D eigenvalue weighted by Gasteiger charge is 2.32. The van der Waals surface area contributed by atoms with Gasteiger partial charge in [0.2, 0.25) is 0 Å². The molecule has 0 spiro atoms. The molecule has 2 aliphatic rings. The summed E-state index contributed by atoms with van der Waals surface area (Å²) in [5, 5.41) is 3.54. The zero-order valence-corrected chi connectivity index (χ0v) is 15.7. The third-order valence-corrected chi connectivity index (χ3v) is 5.37. The number of aryl methyl sites for hydroxylation is 1. The fraction of sp³-hybridized carbons (Fsp3) is 0.550. The maximum Gasteiger partial charge on any atom is 0.146 e. The number of aromatic nitrogens is 2. The summed E-state index contributed by atoms with van der Waals surface area (Å²) in [6.45, 7) is 7.07. The van der Waals surface area contributed by atoms with E-state index < -0.39 is 0 Å². The molecule has 2 atom stereocenters. The summed E-state index contributed by atoms with van der Waals surface area (Å²) in [7, 11) is 0. The van der Waals surface area contributed by atoms with Gasteiger partial charge in [-0.3, -0.25) is 0 Å². The number of benzene rings is 1. The maximum absolute atomic E-state index is 14.6. The Kier molecular flexibility index (Phi) is 5.71. The van der Waals surface area contributed by atoms with E-state index >= 15 is 0 Å². The van der Waals surface area contributed by atoms with Crippen LogP contribution in [0.5, 0.6) is 0 Å². The molecular weight excluding hydrogens is 347 g/mol. The number of ether oxygens (including phenoxy) is 2. The molecule has 7 heteroatoms. The van der Waals surface area contributed by atoms with E-state index in [9.17, 15) is 4.39 Å². The molecule has 0 radical (unpaired) electrons. The topological polar surface area (TPSA) is 51.5 Å². The van der Waals surface area contributed by atoms with Crippen LogP contribution < -0.4 is 10.2 Å². The summed E-state index contributed by atoms with van der Waals surface area (Å²) in [6, 6.07) is 5.69. The van der Waals surface area contributed by atoms with Crippen molar-refractivity contribution in [3.05, 3.63) is 47.8 Å². The van der Waals surface area contributed by atoms with Gasteiger partial charge in [-0.2, -0.15) is 0 Å². The second kappa shape index (κ2) is 8.37. The van der Waals surface area contributed by atoms with Crippen LogP contribution in [-0.2, 0) is 22.6 Å². The largest absolute Gasteiger partial charge is 0.378 e. The molecule has 0 unspecified atom stereocenters. The average Bonchev–Trinajstić information content (AvgIpc) is 3.35. The molecule has 2 fully saturated rings. The van der Waals surface area contributed by atoms with Gasteiger partial charge in [-0.15, -0.1) is 0 Å². The number of rotatable bonds is 6. The standard InChI is InChI=1S/C20H27FN4O2/c1-2-24-7-6-22-20(24)19-17(5-10-27-19)23-14-15-3-4-18(16(21)13-15)25-8-11-26-12-9-25/h3-4,6-7,13,17,19,23H,2,5,8-12,14H2,1H3/t17-,19-/m0/s1. The second-order valence-electron chi connectivity index (χ2n) is 7.02. The molecule has 0 saturated carbocycles. The van der Waals surface area contributed by atoms with Crippen molar-refractivity contribution >= 4 is 5.69 Å². The Morgan fingerprint density at radius 2 is 2.11 bits per heavy atom. The number of imidazole rings is 1. The van der Waals surface area contributed by atoms with Crippen molar-refractivity contribution in [3.63, 3.8) is 0 Å². The number of hydrogen-bond donors (Lipinski definition) is 1. The van der Waals surface area contributed by atoms with Gasteiger partial charge in [0, 0.05) is 51.2 Å². The molecule has 0 bridgehead atoms. The van der Waals surface area contributed by atoms with Gasteiger partial charge in [0.1, 0.15) is 17.7 Å². The Bertz CT molecular complexity index is 760. The first-order valence-electron chi connectivity index (χ1n) is 9.73. The molecule has 3 heterocycles. The molecule has 0 aliphatic carbocycles. The Hall–Kier alpha value is -1.96. The van der Waals surface area contributed by atoms with Crippen molar-refractivity contribution in [1.82, 2.24) is 14.9 Å². The van der Waals surface area contributed by atoms with Crippen LogP contribution in [0.25, 0.3) is 0 Å². The molecule has 2 aliphatic heterocycles. The number of morpholine rings is 1. The van der Waals surface area contributed by atoms with Crippen LogP contribution in [0.3, 0.4) is 0 Å². The molecular formula is C20H27FN4O2. The quantitative estimate of drug-likeness (QED) is 0.842. The van der Waals surface area contributed by atoms with E-state index in [1.807, 2.05) is 29.4 Å². The predicted octanol–water partition coefficient (Wildman–Crippen LogP) is 2.50. The van der Waals surface area contributed by atoms with E-state index in [-0.39, 0.29) is 18.0 Å². The molecule has 4 rings (SSSR count). The minimum absolute atomic E-state index is 0.0579. The number of halogens is 1. The first-order chi connectivity index (χ1) is 13.3. The van der Waals surface area contributed by atoms with Gasteiger partial charge < -0.3 is 24.3 Å². The average molecular weight is 374 g/mol. The molecule has 1 aromatic carbocycles. The molecule has 2 aromatic rings. The van der Waals surface area contributed by atoms with Crippen molar-refractivity contribution < 1.29 is 13.9 Å². The number of anilines is 1. The van der Waals surface area contributed by atoms with Crippen molar-refractivity contribution in [3.8, 4) is 0 Å². The molecule has 1 N–H and O–H groups in total. The van der Waals surface area contributed by atoms with E-state index in [2.05, 4.69) is 21.8 Å². The highest BCUT2D eigenvalue weighted by Crippen LogP contribution is 2.29. The molecule has 2 saturated heterocycles. The predicted molar refractivity (Wildman–Crippen MR) is 101 cm³/mol. The number of nitrogens with one attached hydrogen (secondary N) is 1. The summed E-state index contributed by atoms with van der Waals surface area (Å²) in [4.78, 5) is 6.52. The van der Waals surface area contributed by atoms with Crippen LogP contribution in [0.4, 0.5) is 10.1 Å². The van der Waals surface area contributed by atoms with Gasteiger partial charge in [-0.1, -0.05) is 6.07 Å². The second-order valence-corrected chi connectivity index (χ2v) is 7.02. The summed E-state index contributed by atoms with van der Waals surface area (Å²) in [6.07, 6.45) is 4.66. The lowest BCUT2D eigenvalue weighted by Crippen LogP contribution is -2.36. The monoisotopic (exact) mass is 374 g/mol. The Balaban J connectivity index is 1.40. The summed E-state index contributed by atoms with van der Waals surface area (Å²) >= 11 is 0. The van der Waals surface area contributed by atoms with E-state index in [0.717, 1.165) is 37.4 Å². The maximum atomic E-state index is 14.6. The third-order valence-electron chi connectivity index (χ3n) is 5.37.